The summed E-state index contributed by atoms with van der Waals surface area (Å²) in [6.07, 6.45) is -0.123. The SMILES string of the molecule is CCOC(=O)Cc1nc(-n2nc3ccc4ccccc4c3n2)sc1C(=O)OCC. The Morgan fingerprint density at radius 3 is 2.62 bits per heavy atom. The van der Waals surface area contributed by atoms with Crippen molar-refractivity contribution in [3.63, 3.8) is 0 Å². The first kappa shape index (κ1) is 19.0. The Labute approximate surface area is 170 Å². The van der Waals surface area contributed by atoms with Crippen LogP contribution >= 0.6 is 11.3 Å². The van der Waals surface area contributed by atoms with Crippen LogP contribution in [-0.2, 0) is 20.7 Å². The van der Waals surface area contributed by atoms with Crippen LogP contribution in [-0.4, -0.2) is 45.1 Å². The van der Waals surface area contributed by atoms with Crippen molar-refractivity contribution in [3.8, 4) is 5.13 Å². The maximum absolute atomic E-state index is 12.3. The van der Waals surface area contributed by atoms with Gasteiger partial charge in [-0.25, -0.2) is 9.78 Å². The molecule has 0 amide bonds. The van der Waals surface area contributed by atoms with Gasteiger partial charge in [-0.15, -0.1) is 15.0 Å². The summed E-state index contributed by atoms with van der Waals surface area (Å²) in [5, 5.41) is 11.5. The highest BCUT2D eigenvalue weighted by Gasteiger charge is 2.23. The zero-order chi connectivity index (χ0) is 20.4. The zero-order valence-corrected chi connectivity index (χ0v) is 16.7. The van der Waals surface area contributed by atoms with Crippen molar-refractivity contribution in [1.82, 2.24) is 20.0 Å². The van der Waals surface area contributed by atoms with Crippen LogP contribution in [0.3, 0.4) is 0 Å². The second-order valence-electron chi connectivity index (χ2n) is 6.12. The molecule has 0 unspecified atom stereocenters. The molecule has 0 aliphatic carbocycles. The fourth-order valence-electron chi connectivity index (χ4n) is 2.98. The monoisotopic (exact) mass is 410 g/mol. The summed E-state index contributed by atoms with van der Waals surface area (Å²) in [5.41, 5.74) is 1.75. The van der Waals surface area contributed by atoms with Crippen molar-refractivity contribution in [3.05, 3.63) is 47.0 Å². The predicted octanol–water partition coefficient (Wildman–Crippen LogP) is 3.31. The fraction of sp³-hybridized carbons (Fsp3) is 0.250. The van der Waals surface area contributed by atoms with Gasteiger partial charge in [-0.2, -0.15) is 0 Å². The quantitative estimate of drug-likeness (QED) is 0.450. The molecular weight excluding hydrogens is 392 g/mol. The average Bonchev–Trinajstić information content (AvgIpc) is 3.32. The number of fused-ring (bicyclic) bond motifs is 3. The molecule has 0 aliphatic heterocycles. The highest BCUT2D eigenvalue weighted by Crippen LogP contribution is 2.26. The lowest BCUT2D eigenvalue weighted by Gasteiger charge is -2.02. The first-order valence-electron chi connectivity index (χ1n) is 9.18. The van der Waals surface area contributed by atoms with Gasteiger partial charge in [-0.3, -0.25) is 4.79 Å². The third-order valence-electron chi connectivity index (χ3n) is 4.21. The standard InChI is InChI=1S/C20H18N4O4S/c1-3-27-16(25)11-15-18(19(26)28-4-2)29-20(21-15)24-22-14-10-9-12-7-5-6-8-13(12)17(14)23-24/h5-10H,3-4,11H2,1-2H3. The van der Waals surface area contributed by atoms with E-state index in [1.54, 1.807) is 13.8 Å². The molecule has 29 heavy (non-hydrogen) atoms. The molecule has 0 N–H and O–H groups in total. The lowest BCUT2D eigenvalue weighted by Crippen LogP contribution is -2.12. The molecule has 8 nitrogen and oxygen atoms in total. The summed E-state index contributed by atoms with van der Waals surface area (Å²) in [5.74, 6) is -0.989. The number of rotatable bonds is 6. The number of thiazole rings is 1. The van der Waals surface area contributed by atoms with Crippen LogP contribution < -0.4 is 0 Å². The maximum atomic E-state index is 12.3. The van der Waals surface area contributed by atoms with Gasteiger partial charge in [0.05, 0.1) is 25.3 Å². The van der Waals surface area contributed by atoms with Gasteiger partial charge in [-0.1, -0.05) is 41.7 Å². The molecule has 2 aromatic carbocycles. The molecule has 0 saturated carbocycles. The van der Waals surface area contributed by atoms with Crippen molar-refractivity contribution >= 4 is 45.1 Å². The van der Waals surface area contributed by atoms with E-state index in [9.17, 15) is 9.59 Å². The van der Waals surface area contributed by atoms with Gasteiger partial charge in [0.2, 0.25) is 5.13 Å². The number of hydrogen-bond acceptors (Lipinski definition) is 8. The number of carbonyl (C=O) groups excluding carboxylic acids is 2. The molecule has 0 atom stereocenters. The average molecular weight is 410 g/mol. The van der Waals surface area contributed by atoms with E-state index in [0.717, 1.165) is 27.6 Å². The van der Waals surface area contributed by atoms with Crippen LogP contribution in [0.25, 0.3) is 26.9 Å². The molecule has 0 radical (unpaired) electrons. The normalized spacial score (nSPS) is 11.1. The van der Waals surface area contributed by atoms with Crippen LogP contribution in [0.15, 0.2) is 36.4 Å². The smallest absolute Gasteiger partial charge is 0.350 e. The van der Waals surface area contributed by atoms with Crippen molar-refractivity contribution < 1.29 is 19.1 Å². The van der Waals surface area contributed by atoms with Crippen LogP contribution in [0.5, 0.6) is 0 Å². The summed E-state index contributed by atoms with van der Waals surface area (Å²) in [6, 6.07) is 11.8. The summed E-state index contributed by atoms with van der Waals surface area (Å²) < 4.78 is 10.1. The van der Waals surface area contributed by atoms with Gasteiger partial charge >= 0.3 is 11.9 Å². The Kier molecular flexibility index (Phi) is 5.22. The van der Waals surface area contributed by atoms with Gasteiger partial charge in [0, 0.05) is 5.39 Å². The molecule has 0 saturated heterocycles. The molecule has 9 heteroatoms. The lowest BCUT2D eigenvalue weighted by atomic mass is 10.1. The molecule has 2 aromatic heterocycles. The largest absolute Gasteiger partial charge is 0.466 e. The lowest BCUT2D eigenvalue weighted by molar-refractivity contribution is -0.142. The molecule has 0 aliphatic rings. The van der Waals surface area contributed by atoms with Crippen LogP contribution in [0.1, 0.15) is 29.2 Å². The number of nitrogens with zero attached hydrogens (tertiary/aromatic N) is 4. The van der Waals surface area contributed by atoms with E-state index in [1.807, 2.05) is 36.4 Å². The molecular formula is C20H18N4O4S. The third kappa shape index (κ3) is 3.68. The van der Waals surface area contributed by atoms with Crippen molar-refractivity contribution in [1.29, 1.82) is 0 Å². The highest BCUT2D eigenvalue weighted by molar-refractivity contribution is 7.16. The highest BCUT2D eigenvalue weighted by atomic mass is 32.1. The minimum atomic E-state index is -0.530. The second-order valence-corrected chi connectivity index (χ2v) is 7.10. The Bertz CT molecular complexity index is 1210. The molecule has 2 heterocycles. The van der Waals surface area contributed by atoms with Crippen molar-refractivity contribution in [2.24, 2.45) is 0 Å². The van der Waals surface area contributed by atoms with Gasteiger partial charge in [0.25, 0.3) is 0 Å². The van der Waals surface area contributed by atoms with E-state index in [1.165, 1.54) is 4.80 Å². The van der Waals surface area contributed by atoms with Crippen molar-refractivity contribution in [2.45, 2.75) is 20.3 Å². The Morgan fingerprint density at radius 2 is 1.83 bits per heavy atom. The molecule has 0 fully saturated rings. The Balaban J connectivity index is 1.78. The van der Waals surface area contributed by atoms with E-state index in [4.69, 9.17) is 9.47 Å². The summed E-state index contributed by atoms with van der Waals surface area (Å²) >= 11 is 1.09. The molecule has 4 aromatic rings. The molecule has 4 rings (SSSR count). The topological polar surface area (TPSA) is 96.2 Å². The van der Waals surface area contributed by atoms with E-state index in [-0.39, 0.29) is 24.5 Å². The number of benzene rings is 2. The van der Waals surface area contributed by atoms with Crippen LogP contribution in [0, 0.1) is 0 Å². The van der Waals surface area contributed by atoms with Crippen LogP contribution in [0.4, 0.5) is 0 Å². The predicted molar refractivity (Wildman–Crippen MR) is 108 cm³/mol. The second kappa shape index (κ2) is 7.96. The molecule has 148 valence electrons. The number of aromatic nitrogens is 4. The Hall–Kier alpha value is -3.33. The summed E-state index contributed by atoms with van der Waals surface area (Å²) in [7, 11) is 0. The van der Waals surface area contributed by atoms with E-state index in [0.29, 0.717) is 16.3 Å². The van der Waals surface area contributed by atoms with Gasteiger partial charge < -0.3 is 9.47 Å². The minimum Gasteiger partial charge on any atom is -0.466 e. The van der Waals surface area contributed by atoms with E-state index >= 15 is 0 Å². The number of carbonyl (C=O) groups is 2. The number of ether oxygens (including phenoxy) is 2. The fourth-order valence-corrected chi connectivity index (χ4v) is 3.86. The van der Waals surface area contributed by atoms with E-state index in [2.05, 4.69) is 15.2 Å². The van der Waals surface area contributed by atoms with Gasteiger partial charge in [-0.05, 0) is 25.3 Å². The van der Waals surface area contributed by atoms with Crippen LogP contribution in [0.2, 0.25) is 0 Å². The summed E-state index contributed by atoms with van der Waals surface area (Å²) in [4.78, 5) is 30.3. The molecule has 0 bridgehead atoms. The maximum Gasteiger partial charge on any atom is 0.350 e. The number of esters is 2. The van der Waals surface area contributed by atoms with E-state index < -0.39 is 11.9 Å². The zero-order valence-electron chi connectivity index (χ0n) is 15.9. The van der Waals surface area contributed by atoms with Crippen molar-refractivity contribution in [2.75, 3.05) is 13.2 Å². The first-order chi connectivity index (χ1) is 14.1. The Morgan fingerprint density at radius 1 is 1.03 bits per heavy atom. The van der Waals surface area contributed by atoms with Gasteiger partial charge in [0.1, 0.15) is 15.9 Å². The third-order valence-corrected chi connectivity index (χ3v) is 5.26. The summed E-state index contributed by atoms with van der Waals surface area (Å²) in [6.45, 7) is 3.92. The molecule has 0 spiro atoms. The number of hydrogen-bond donors (Lipinski definition) is 0. The van der Waals surface area contributed by atoms with Gasteiger partial charge in [0.15, 0.2) is 0 Å². The first-order valence-corrected chi connectivity index (χ1v) is 10.00. The minimum absolute atomic E-state index is 0.123.